The molecule has 1 fully saturated rings. The lowest BCUT2D eigenvalue weighted by Crippen LogP contribution is -2.61. The van der Waals surface area contributed by atoms with Crippen LogP contribution in [0.4, 0.5) is 0 Å². The van der Waals surface area contributed by atoms with Gasteiger partial charge in [-0.25, -0.2) is 4.18 Å². The van der Waals surface area contributed by atoms with Gasteiger partial charge < -0.3 is 35.2 Å². The number of rotatable bonds is 33. The molecule has 12 nitrogen and oxygen atoms in total. The summed E-state index contributed by atoms with van der Waals surface area (Å²) in [5, 5.41) is 44.6. The summed E-state index contributed by atoms with van der Waals surface area (Å²) in [4.78, 5) is 12.9. The number of aliphatic hydroxyl groups excluding tert-OH is 4. The van der Waals surface area contributed by atoms with E-state index in [2.05, 4.69) is 23.3 Å². The van der Waals surface area contributed by atoms with E-state index in [1.807, 2.05) is 0 Å². The molecular formula is C37H73NO11S. The van der Waals surface area contributed by atoms with Crippen LogP contribution in [0.15, 0.2) is 0 Å². The van der Waals surface area contributed by atoms with Crippen LogP contribution < -0.4 is 5.32 Å². The average molecular weight is 740 g/mol. The van der Waals surface area contributed by atoms with E-state index in [-0.39, 0.29) is 12.5 Å². The molecule has 13 heteroatoms. The monoisotopic (exact) mass is 739 g/mol. The summed E-state index contributed by atoms with van der Waals surface area (Å²) in [6.07, 6.45) is 18.3. The third-order valence-corrected chi connectivity index (χ3v) is 10.1. The van der Waals surface area contributed by atoms with Gasteiger partial charge in [0.05, 0.1) is 25.4 Å². The lowest BCUT2D eigenvalue weighted by molar-refractivity contribution is -0.298. The third kappa shape index (κ3) is 22.9. The normalized spacial score (nSPS) is 22.4. The standard InChI is InChI=1S/C37H73NO11S/c1-3-5-7-9-11-13-15-17-19-21-23-25-27-33(41)38-30(31(40)26-24-22-20-18-16-14-12-10-8-6-4-2)29-47-37-35(43)36(49-50(44,45)46)34(42)32(28-39)48-37/h30-32,34-37,39-40,42-43H,3-29H2,1-2H3,(H,38,41)(H,44,45,46). The Kier molecular flexibility index (Phi) is 27.8. The number of carbonyl (C=O) groups excluding carboxylic acids is 1. The van der Waals surface area contributed by atoms with Crippen molar-refractivity contribution in [3.63, 3.8) is 0 Å². The number of unbranched alkanes of at least 4 members (excludes halogenated alkanes) is 21. The highest BCUT2D eigenvalue weighted by molar-refractivity contribution is 7.80. The maximum Gasteiger partial charge on any atom is 0.397 e. The Morgan fingerprint density at radius 3 is 1.60 bits per heavy atom. The van der Waals surface area contributed by atoms with Crippen LogP contribution in [0.5, 0.6) is 0 Å². The maximum absolute atomic E-state index is 12.9. The quantitative estimate of drug-likeness (QED) is 0.0329. The number of ether oxygens (including phenoxy) is 2. The fraction of sp³-hybridized carbons (Fsp3) is 0.973. The van der Waals surface area contributed by atoms with Gasteiger partial charge in [-0.1, -0.05) is 155 Å². The fourth-order valence-electron chi connectivity index (χ4n) is 6.52. The zero-order valence-electron chi connectivity index (χ0n) is 31.2. The molecule has 0 radical (unpaired) electrons. The SMILES string of the molecule is CCCCCCCCCCCCCCC(=O)NC(COC1OC(CO)C(O)C(OS(=O)(=O)O)C1O)C(O)CCCCCCCCCCCCC. The molecule has 1 aliphatic heterocycles. The van der Waals surface area contributed by atoms with Gasteiger partial charge in [-0.15, -0.1) is 0 Å². The number of amides is 1. The molecule has 0 aliphatic carbocycles. The van der Waals surface area contributed by atoms with Crippen LogP contribution in [0.1, 0.15) is 174 Å². The summed E-state index contributed by atoms with van der Waals surface area (Å²) in [5.74, 6) is -0.231. The van der Waals surface area contributed by atoms with Crippen molar-refractivity contribution in [3.05, 3.63) is 0 Å². The molecule has 1 aliphatic rings. The first-order valence-electron chi connectivity index (χ1n) is 19.9. The van der Waals surface area contributed by atoms with E-state index in [9.17, 15) is 33.6 Å². The number of nitrogens with one attached hydrogen (secondary N) is 1. The minimum absolute atomic E-state index is 0.231. The molecule has 0 aromatic heterocycles. The first-order valence-corrected chi connectivity index (χ1v) is 21.3. The summed E-state index contributed by atoms with van der Waals surface area (Å²) >= 11 is 0. The number of aliphatic hydroxyl groups is 4. The van der Waals surface area contributed by atoms with Crippen LogP contribution in [0.2, 0.25) is 0 Å². The van der Waals surface area contributed by atoms with E-state index in [1.165, 1.54) is 96.3 Å². The van der Waals surface area contributed by atoms with Crippen molar-refractivity contribution in [2.75, 3.05) is 13.2 Å². The molecule has 0 spiro atoms. The second-order valence-corrected chi connectivity index (χ2v) is 15.3. The molecular weight excluding hydrogens is 666 g/mol. The van der Waals surface area contributed by atoms with Crippen molar-refractivity contribution in [2.24, 2.45) is 0 Å². The maximum atomic E-state index is 12.9. The molecule has 50 heavy (non-hydrogen) atoms. The summed E-state index contributed by atoms with van der Waals surface area (Å²) < 4.78 is 47.4. The molecule has 1 rings (SSSR count). The summed E-state index contributed by atoms with van der Waals surface area (Å²) in [6.45, 7) is 3.40. The van der Waals surface area contributed by atoms with Crippen LogP contribution in [0, 0.1) is 0 Å². The molecule has 1 saturated heterocycles. The van der Waals surface area contributed by atoms with Crippen molar-refractivity contribution in [1.29, 1.82) is 0 Å². The van der Waals surface area contributed by atoms with Gasteiger partial charge in [0.2, 0.25) is 5.91 Å². The van der Waals surface area contributed by atoms with Crippen LogP contribution >= 0.6 is 0 Å². The Labute approximate surface area is 303 Å². The smallest absolute Gasteiger partial charge is 0.394 e. The van der Waals surface area contributed by atoms with Crippen LogP contribution in [-0.4, -0.2) is 95.4 Å². The van der Waals surface area contributed by atoms with Gasteiger partial charge in [-0.2, -0.15) is 8.42 Å². The largest absolute Gasteiger partial charge is 0.397 e. The highest BCUT2D eigenvalue weighted by Crippen LogP contribution is 2.26. The van der Waals surface area contributed by atoms with E-state index in [0.717, 1.165) is 51.4 Å². The molecule has 0 saturated carbocycles. The molecule has 0 aromatic rings. The van der Waals surface area contributed by atoms with Crippen molar-refractivity contribution in [3.8, 4) is 0 Å². The third-order valence-electron chi connectivity index (χ3n) is 9.67. The van der Waals surface area contributed by atoms with E-state index < -0.39 is 59.9 Å². The molecule has 1 amide bonds. The molecule has 1 heterocycles. The molecule has 298 valence electrons. The van der Waals surface area contributed by atoms with Crippen LogP contribution in [-0.2, 0) is 28.9 Å². The predicted octanol–water partition coefficient (Wildman–Crippen LogP) is 6.27. The minimum Gasteiger partial charge on any atom is -0.394 e. The topological polar surface area (TPSA) is 192 Å². The summed E-state index contributed by atoms with van der Waals surface area (Å²) in [7, 11) is -5.06. The van der Waals surface area contributed by atoms with Crippen molar-refractivity contribution >= 4 is 16.3 Å². The molecule has 7 unspecified atom stereocenters. The first kappa shape index (κ1) is 47.1. The Bertz CT molecular complexity index is 925. The zero-order chi connectivity index (χ0) is 37.0. The fourth-order valence-corrected chi connectivity index (χ4v) is 7.03. The average Bonchev–Trinajstić information content (AvgIpc) is 3.08. The number of hydrogen-bond acceptors (Lipinski definition) is 10. The van der Waals surface area contributed by atoms with Crippen molar-refractivity contribution in [1.82, 2.24) is 5.32 Å². The van der Waals surface area contributed by atoms with Gasteiger partial charge in [0.25, 0.3) is 0 Å². The second kappa shape index (κ2) is 29.5. The van der Waals surface area contributed by atoms with Gasteiger partial charge in [0.1, 0.15) is 24.4 Å². The molecule has 6 N–H and O–H groups in total. The van der Waals surface area contributed by atoms with Gasteiger partial charge >= 0.3 is 10.4 Å². The Morgan fingerprint density at radius 2 is 1.16 bits per heavy atom. The summed E-state index contributed by atoms with van der Waals surface area (Å²) in [5.41, 5.74) is 0. The molecule has 0 bridgehead atoms. The zero-order valence-corrected chi connectivity index (χ0v) is 32.0. The van der Waals surface area contributed by atoms with Gasteiger partial charge in [0, 0.05) is 6.42 Å². The first-order chi connectivity index (χ1) is 24.0. The molecule has 7 atom stereocenters. The molecule has 0 aromatic carbocycles. The van der Waals surface area contributed by atoms with E-state index in [1.54, 1.807) is 0 Å². The van der Waals surface area contributed by atoms with Crippen LogP contribution in [0.25, 0.3) is 0 Å². The van der Waals surface area contributed by atoms with Gasteiger partial charge in [0.15, 0.2) is 6.29 Å². The lowest BCUT2D eigenvalue weighted by Gasteiger charge is -2.41. The highest BCUT2D eigenvalue weighted by atomic mass is 32.3. The van der Waals surface area contributed by atoms with E-state index >= 15 is 0 Å². The summed E-state index contributed by atoms with van der Waals surface area (Å²) in [6, 6.07) is -0.848. The Balaban J connectivity index is 2.59. The number of hydrogen-bond donors (Lipinski definition) is 6. The Hall–Kier alpha value is -0.900. The van der Waals surface area contributed by atoms with Gasteiger partial charge in [-0.05, 0) is 12.8 Å². The van der Waals surface area contributed by atoms with E-state index in [4.69, 9.17) is 14.0 Å². The minimum atomic E-state index is -5.06. The second-order valence-electron chi connectivity index (χ2n) is 14.2. The van der Waals surface area contributed by atoms with Crippen molar-refractivity contribution in [2.45, 2.75) is 217 Å². The number of carbonyl (C=O) groups is 1. The predicted molar refractivity (Wildman–Crippen MR) is 195 cm³/mol. The van der Waals surface area contributed by atoms with Crippen molar-refractivity contribution < 1.29 is 51.8 Å². The van der Waals surface area contributed by atoms with Gasteiger partial charge in [-0.3, -0.25) is 9.35 Å². The van der Waals surface area contributed by atoms with E-state index in [0.29, 0.717) is 12.8 Å². The lowest BCUT2D eigenvalue weighted by atomic mass is 9.99. The highest BCUT2D eigenvalue weighted by Gasteiger charge is 2.48. The van der Waals surface area contributed by atoms with Crippen LogP contribution in [0.3, 0.4) is 0 Å². The Morgan fingerprint density at radius 1 is 0.720 bits per heavy atom.